The first-order chi connectivity index (χ1) is 17.7. The monoisotopic (exact) mass is 562 g/mol. The number of piperidine rings is 1. The molecule has 4 aromatic rings. The minimum Gasteiger partial charge on any atom is -0.486 e. The van der Waals surface area contributed by atoms with Crippen molar-refractivity contribution in [2.45, 2.75) is 32.0 Å². The molecule has 3 N–H and O–H groups in total. The van der Waals surface area contributed by atoms with E-state index in [1.807, 2.05) is 13.1 Å². The fraction of sp³-hybridized carbons (Fsp3) is 0.308. The fourth-order valence-corrected chi connectivity index (χ4v) is 5.75. The maximum Gasteiger partial charge on any atom is 0.262 e. The number of ether oxygens (including phenoxy) is 2. The largest absolute Gasteiger partial charge is 0.486 e. The molecule has 2 aromatic carbocycles. The molecule has 1 saturated heterocycles. The number of nitrogens with one attached hydrogen (secondary N) is 1. The average molecular weight is 563 g/mol. The van der Waals surface area contributed by atoms with Crippen LogP contribution in [-0.4, -0.2) is 47.0 Å². The van der Waals surface area contributed by atoms with Crippen LogP contribution in [-0.2, 0) is 0 Å². The van der Waals surface area contributed by atoms with Gasteiger partial charge < -0.3 is 25.1 Å². The lowest BCUT2D eigenvalue weighted by Gasteiger charge is -2.30. The summed E-state index contributed by atoms with van der Waals surface area (Å²) in [5, 5.41) is 0.733. The van der Waals surface area contributed by atoms with Gasteiger partial charge in [0.2, 0.25) is 0 Å². The predicted octanol–water partition coefficient (Wildman–Crippen LogP) is 6.45. The van der Waals surface area contributed by atoms with E-state index >= 15 is 0 Å². The van der Waals surface area contributed by atoms with Crippen molar-refractivity contribution >= 4 is 51.5 Å². The SMILES string of the molecule is C[C@@H](Oc1cc(-c2nc3ccc(Cl)cc3[nH]2)sc1C(N)=O)c1ccc(F)c(OC2CCN(C)CC2)c1Cl. The molecule has 0 saturated carbocycles. The summed E-state index contributed by atoms with van der Waals surface area (Å²) in [5.74, 6) is -0.293. The summed E-state index contributed by atoms with van der Waals surface area (Å²) >= 11 is 13.9. The van der Waals surface area contributed by atoms with Crippen LogP contribution in [0.1, 0.15) is 41.1 Å². The van der Waals surface area contributed by atoms with Crippen LogP contribution in [0.15, 0.2) is 36.4 Å². The minimum absolute atomic E-state index is 0.0197. The second-order valence-corrected chi connectivity index (χ2v) is 10.9. The number of carbonyl (C=O) groups is 1. The van der Waals surface area contributed by atoms with E-state index in [1.54, 1.807) is 31.2 Å². The number of halogens is 3. The van der Waals surface area contributed by atoms with Crippen LogP contribution in [0.3, 0.4) is 0 Å². The maximum absolute atomic E-state index is 14.7. The van der Waals surface area contributed by atoms with Crippen molar-refractivity contribution < 1.29 is 18.7 Å². The molecule has 1 atom stereocenters. The van der Waals surface area contributed by atoms with Gasteiger partial charge in [0.25, 0.3) is 5.91 Å². The summed E-state index contributed by atoms with van der Waals surface area (Å²) in [4.78, 5) is 23.1. The van der Waals surface area contributed by atoms with E-state index in [-0.39, 0.29) is 27.5 Å². The van der Waals surface area contributed by atoms with E-state index in [1.165, 1.54) is 6.07 Å². The molecule has 11 heteroatoms. The van der Waals surface area contributed by atoms with Gasteiger partial charge in [0.1, 0.15) is 28.7 Å². The molecule has 1 amide bonds. The summed E-state index contributed by atoms with van der Waals surface area (Å²) in [5.41, 5.74) is 7.68. The standard InChI is InChI=1S/C26H25Cl2FN4O3S/c1-13(16-4-5-17(29)23(22(16)28)36-15-7-9-33(2)10-8-15)35-20-12-21(37-24(20)25(30)34)26-31-18-6-3-14(27)11-19(18)32-26/h3-6,11-13,15H,7-10H2,1-2H3,(H2,30,34)(H,31,32)/t13-/m1/s1. The normalized spacial score (nSPS) is 15.7. The Balaban J connectivity index is 1.41. The Labute approximate surface area is 227 Å². The third-order valence-electron chi connectivity index (χ3n) is 6.37. The number of H-pyrrole nitrogens is 1. The molecule has 194 valence electrons. The first kappa shape index (κ1) is 25.8. The Kier molecular flexibility index (Phi) is 7.31. The lowest BCUT2D eigenvalue weighted by atomic mass is 10.1. The molecule has 3 heterocycles. The Morgan fingerprint density at radius 3 is 2.73 bits per heavy atom. The molecule has 0 spiro atoms. The van der Waals surface area contributed by atoms with Gasteiger partial charge >= 0.3 is 0 Å². The van der Waals surface area contributed by atoms with Crippen LogP contribution in [0.2, 0.25) is 10.0 Å². The van der Waals surface area contributed by atoms with Gasteiger partial charge in [0, 0.05) is 29.7 Å². The number of rotatable bonds is 7. The third-order valence-corrected chi connectivity index (χ3v) is 8.13. The zero-order valence-electron chi connectivity index (χ0n) is 20.2. The van der Waals surface area contributed by atoms with Gasteiger partial charge in [-0.05, 0) is 51.1 Å². The van der Waals surface area contributed by atoms with Crippen LogP contribution < -0.4 is 15.2 Å². The first-order valence-electron chi connectivity index (χ1n) is 11.8. The van der Waals surface area contributed by atoms with Gasteiger partial charge in [0.15, 0.2) is 11.6 Å². The number of benzene rings is 2. The minimum atomic E-state index is -0.630. The number of carbonyl (C=O) groups excluding carboxylic acids is 1. The number of fused-ring (bicyclic) bond motifs is 1. The van der Waals surface area contributed by atoms with Gasteiger partial charge in [-0.25, -0.2) is 9.37 Å². The lowest BCUT2D eigenvalue weighted by molar-refractivity contribution is 0.0997. The van der Waals surface area contributed by atoms with E-state index in [4.69, 9.17) is 38.4 Å². The first-order valence-corrected chi connectivity index (χ1v) is 13.4. The number of imidazole rings is 1. The third kappa shape index (κ3) is 5.40. The molecule has 0 aliphatic carbocycles. The number of amides is 1. The Morgan fingerprint density at radius 1 is 1.24 bits per heavy atom. The molecule has 1 aliphatic heterocycles. The topological polar surface area (TPSA) is 93.5 Å². The predicted molar refractivity (Wildman–Crippen MR) is 145 cm³/mol. The number of aromatic nitrogens is 2. The number of hydrogen-bond acceptors (Lipinski definition) is 6. The smallest absolute Gasteiger partial charge is 0.262 e. The Hall–Kier alpha value is -2.85. The van der Waals surface area contributed by atoms with Crippen molar-refractivity contribution in [3.8, 4) is 22.2 Å². The van der Waals surface area contributed by atoms with E-state index in [9.17, 15) is 9.18 Å². The highest BCUT2D eigenvalue weighted by Gasteiger charge is 2.26. The van der Waals surface area contributed by atoms with E-state index in [0.717, 1.165) is 48.3 Å². The van der Waals surface area contributed by atoms with Gasteiger partial charge in [-0.3, -0.25) is 4.79 Å². The molecular formula is C26H25Cl2FN4O3S. The highest BCUT2D eigenvalue weighted by Crippen LogP contribution is 2.41. The second kappa shape index (κ2) is 10.5. The number of primary amides is 1. The Bertz CT molecular complexity index is 1470. The molecule has 0 radical (unpaired) electrons. The van der Waals surface area contributed by atoms with E-state index in [2.05, 4.69) is 14.9 Å². The summed E-state index contributed by atoms with van der Waals surface area (Å²) in [6.07, 6.45) is 0.837. The maximum atomic E-state index is 14.7. The highest BCUT2D eigenvalue weighted by molar-refractivity contribution is 7.17. The quantitative estimate of drug-likeness (QED) is 0.270. The highest BCUT2D eigenvalue weighted by atomic mass is 35.5. The van der Waals surface area contributed by atoms with Crippen molar-refractivity contribution in [2.24, 2.45) is 5.73 Å². The number of likely N-dealkylation sites (tertiary alicyclic amines) is 1. The number of hydrogen-bond donors (Lipinski definition) is 2. The lowest BCUT2D eigenvalue weighted by Crippen LogP contribution is -2.35. The van der Waals surface area contributed by atoms with Crippen LogP contribution in [0.5, 0.6) is 11.5 Å². The van der Waals surface area contributed by atoms with Crippen LogP contribution in [0, 0.1) is 5.82 Å². The molecule has 5 rings (SSSR count). The molecular weight excluding hydrogens is 538 g/mol. The summed E-state index contributed by atoms with van der Waals surface area (Å²) < 4.78 is 26.8. The number of nitrogens with zero attached hydrogens (tertiary/aromatic N) is 2. The second-order valence-electron chi connectivity index (χ2n) is 9.08. The number of aromatic amines is 1. The molecule has 0 unspecified atom stereocenters. The van der Waals surface area contributed by atoms with Gasteiger partial charge in [-0.2, -0.15) is 0 Å². The zero-order chi connectivity index (χ0) is 26.3. The molecule has 1 fully saturated rings. The summed E-state index contributed by atoms with van der Waals surface area (Å²) in [6, 6.07) is 9.92. The average Bonchev–Trinajstić information content (AvgIpc) is 3.47. The van der Waals surface area contributed by atoms with E-state index in [0.29, 0.717) is 21.3 Å². The van der Waals surface area contributed by atoms with Crippen molar-refractivity contribution in [1.82, 2.24) is 14.9 Å². The van der Waals surface area contributed by atoms with Gasteiger partial charge in [-0.1, -0.05) is 29.3 Å². The number of thiophene rings is 1. The van der Waals surface area contributed by atoms with Crippen LogP contribution in [0.25, 0.3) is 21.7 Å². The summed E-state index contributed by atoms with van der Waals surface area (Å²) in [6.45, 7) is 3.51. The van der Waals surface area contributed by atoms with Crippen molar-refractivity contribution in [3.05, 3.63) is 62.7 Å². The van der Waals surface area contributed by atoms with Crippen molar-refractivity contribution in [3.63, 3.8) is 0 Å². The molecule has 37 heavy (non-hydrogen) atoms. The van der Waals surface area contributed by atoms with Crippen LogP contribution in [0.4, 0.5) is 4.39 Å². The zero-order valence-corrected chi connectivity index (χ0v) is 22.5. The summed E-state index contributed by atoms with van der Waals surface area (Å²) in [7, 11) is 2.05. The Morgan fingerprint density at radius 2 is 2.00 bits per heavy atom. The molecule has 1 aliphatic rings. The van der Waals surface area contributed by atoms with Crippen LogP contribution >= 0.6 is 34.5 Å². The number of nitrogens with two attached hydrogens (primary N) is 1. The van der Waals surface area contributed by atoms with E-state index < -0.39 is 17.8 Å². The fourth-order valence-electron chi connectivity index (χ4n) is 4.34. The molecule has 2 aromatic heterocycles. The van der Waals surface area contributed by atoms with Gasteiger partial charge in [0.05, 0.1) is 20.9 Å². The van der Waals surface area contributed by atoms with Gasteiger partial charge in [-0.15, -0.1) is 11.3 Å². The molecule has 0 bridgehead atoms. The molecule has 7 nitrogen and oxygen atoms in total. The van der Waals surface area contributed by atoms with Crippen molar-refractivity contribution in [1.29, 1.82) is 0 Å². The van der Waals surface area contributed by atoms with Crippen molar-refractivity contribution in [2.75, 3.05) is 20.1 Å².